The SMILES string of the molecule is Cc1ccc2c(c1Cl)CCC(C)C2. The van der Waals surface area contributed by atoms with Crippen LogP contribution in [0.25, 0.3) is 0 Å². The van der Waals surface area contributed by atoms with Crippen LogP contribution in [0, 0.1) is 12.8 Å². The minimum atomic E-state index is 0.825. The van der Waals surface area contributed by atoms with E-state index in [0.717, 1.165) is 17.4 Å². The zero-order valence-corrected chi connectivity index (χ0v) is 8.99. The van der Waals surface area contributed by atoms with Gasteiger partial charge in [-0.1, -0.05) is 30.7 Å². The van der Waals surface area contributed by atoms with Crippen LogP contribution < -0.4 is 0 Å². The third kappa shape index (κ3) is 1.60. The van der Waals surface area contributed by atoms with Crippen molar-refractivity contribution in [2.75, 3.05) is 0 Å². The molecule has 0 aromatic heterocycles. The van der Waals surface area contributed by atoms with E-state index < -0.39 is 0 Å². The van der Waals surface area contributed by atoms with Crippen LogP contribution in [0.15, 0.2) is 12.1 Å². The van der Waals surface area contributed by atoms with Crippen molar-refractivity contribution >= 4 is 11.6 Å². The third-order valence-electron chi connectivity index (χ3n) is 2.99. The van der Waals surface area contributed by atoms with Crippen molar-refractivity contribution in [2.45, 2.75) is 33.1 Å². The van der Waals surface area contributed by atoms with E-state index in [9.17, 15) is 0 Å². The Balaban J connectivity index is 2.47. The van der Waals surface area contributed by atoms with Crippen molar-refractivity contribution in [2.24, 2.45) is 5.92 Å². The van der Waals surface area contributed by atoms with E-state index in [4.69, 9.17) is 11.6 Å². The summed E-state index contributed by atoms with van der Waals surface area (Å²) in [7, 11) is 0. The smallest absolute Gasteiger partial charge is 0.0469 e. The molecule has 0 spiro atoms. The van der Waals surface area contributed by atoms with E-state index in [2.05, 4.69) is 26.0 Å². The molecule has 0 amide bonds. The van der Waals surface area contributed by atoms with E-state index in [1.54, 1.807) is 0 Å². The quantitative estimate of drug-likeness (QED) is 0.590. The first-order valence-corrected chi connectivity index (χ1v) is 5.33. The summed E-state index contributed by atoms with van der Waals surface area (Å²) in [4.78, 5) is 0. The van der Waals surface area contributed by atoms with Gasteiger partial charge in [-0.15, -0.1) is 0 Å². The minimum Gasteiger partial charge on any atom is -0.0837 e. The molecule has 0 nitrogen and oxygen atoms in total. The zero-order valence-electron chi connectivity index (χ0n) is 8.23. The summed E-state index contributed by atoms with van der Waals surface area (Å²) in [5.41, 5.74) is 4.09. The van der Waals surface area contributed by atoms with Gasteiger partial charge in [0.25, 0.3) is 0 Å². The maximum absolute atomic E-state index is 6.26. The van der Waals surface area contributed by atoms with E-state index in [0.29, 0.717) is 0 Å². The third-order valence-corrected chi connectivity index (χ3v) is 3.52. The van der Waals surface area contributed by atoms with E-state index in [-0.39, 0.29) is 0 Å². The van der Waals surface area contributed by atoms with Gasteiger partial charge in [0.2, 0.25) is 0 Å². The fraction of sp³-hybridized carbons (Fsp3) is 0.500. The Morgan fingerprint density at radius 1 is 1.38 bits per heavy atom. The normalized spacial score (nSPS) is 21.3. The molecule has 1 unspecified atom stereocenters. The Morgan fingerprint density at radius 3 is 2.92 bits per heavy atom. The molecule has 1 heteroatoms. The summed E-state index contributed by atoms with van der Waals surface area (Å²) in [6.45, 7) is 4.40. The largest absolute Gasteiger partial charge is 0.0837 e. The van der Waals surface area contributed by atoms with Crippen LogP contribution in [-0.4, -0.2) is 0 Å². The Labute approximate surface area is 84.9 Å². The van der Waals surface area contributed by atoms with Crippen LogP contribution in [0.5, 0.6) is 0 Å². The van der Waals surface area contributed by atoms with E-state index in [1.165, 1.54) is 29.5 Å². The zero-order chi connectivity index (χ0) is 9.42. The highest BCUT2D eigenvalue weighted by Crippen LogP contribution is 2.32. The molecule has 1 aromatic carbocycles. The first kappa shape index (κ1) is 9.08. The fourth-order valence-corrected chi connectivity index (χ4v) is 2.39. The van der Waals surface area contributed by atoms with E-state index >= 15 is 0 Å². The number of aryl methyl sites for hydroxylation is 1. The van der Waals surface area contributed by atoms with Gasteiger partial charge < -0.3 is 0 Å². The van der Waals surface area contributed by atoms with Gasteiger partial charge in [-0.3, -0.25) is 0 Å². The van der Waals surface area contributed by atoms with Crippen LogP contribution in [0.2, 0.25) is 5.02 Å². The predicted molar refractivity (Wildman–Crippen MR) is 57.4 cm³/mol. The lowest BCUT2D eigenvalue weighted by Crippen LogP contribution is -2.11. The number of halogens is 1. The first-order valence-electron chi connectivity index (χ1n) is 4.95. The molecule has 0 radical (unpaired) electrons. The van der Waals surface area contributed by atoms with Crippen molar-refractivity contribution in [1.82, 2.24) is 0 Å². The summed E-state index contributed by atoms with van der Waals surface area (Å²) in [6, 6.07) is 4.38. The van der Waals surface area contributed by atoms with Gasteiger partial charge in [0.15, 0.2) is 0 Å². The molecule has 13 heavy (non-hydrogen) atoms. The number of fused-ring (bicyclic) bond motifs is 1. The summed E-state index contributed by atoms with van der Waals surface area (Å²) < 4.78 is 0. The number of hydrogen-bond acceptors (Lipinski definition) is 0. The monoisotopic (exact) mass is 194 g/mol. The highest BCUT2D eigenvalue weighted by Gasteiger charge is 2.17. The second kappa shape index (κ2) is 3.34. The predicted octanol–water partition coefficient (Wildman–Crippen LogP) is 3.77. The maximum atomic E-state index is 6.26. The number of benzene rings is 1. The molecule has 0 heterocycles. The topological polar surface area (TPSA) is 0 Å². The molecule has 0 N–H and O–H groups in total. The van der Waals surface area contributed by atoms with Crippen molar-refractivity contribution in [1.29, 1.82) is 0 Å². The van der Waals surface area contributed by atoms with Crippen LogP contribution >= 0.6 is 11.6 Å². The van der Waals surface area contributed by atoms with Crippen LogP contribution in [-0.2, 0) is 12.8 Å². The lowest BCUT2D eigenvalue weighted by Gasteiger charge is -2.23. The molecule has 0 saturated heterocycles. The Bertz CT molecular complexity index is 328. The lowest BCUT2D eigenvalue weighted by atomic mass is 9.84. The van der Waals surface area contributed by atoms with Crippen molar-refractivity contribution < 1.29 is 0 Å². The Kier molecular flexibility index (Phi) is 2.33. The van der Waals surface area contributed by atoms with Gasteiger partial charge in [0.05, 0.1) is 0 Å². The van der Waals surface area contributed by atoms with Gasteiger partial charge >= 0.3 is 0 Å². The van der Waals surface area contributed by atoms with Gasteiger partial charge in [0.1, 0.15) is 0 Å². The maximum Gasteiger partial charge on any atom is 0.0469 e. The molecule has 1 aliphatic carbocycles. The van der Waals surface area contributed by atoms with Crippen LogP contribution in [0.3, 0.4) is 0 Å². The lowest BCUT2D eigenvalue weighted by molar-refractivity contribution is 0.501. The Morgan fingerprint density at radius 2 is 2.15 bits per heavy atom. The molecule has 70 valence electrons. The second-order valence-corrected chi connectivity index (χ2v) is 4.56. The minimum absolute atomic E-state index is 0.825. The van der Waals surface area contributed by atoms with Crippen molar-refractivity contribution in [3.05, 3.63) is 33.8 Å². The molecule has 0 bridgehead atoms. The summed E-state index contributed by atoms with van der Waals surface area (Å²) in [5, 5.41) is 1.00. The molecular weight excluding hydrogens is 180 g/mol. The number of rotatable bonds is 0. The van der Waals surface area contributed by atoms with Crippen LogP contribution in [0.1, 0.15) is 30.0 Å². The summed E-state index contributed by atoms with van der Waals surface area (Å²) >= 11 is 6.26. The van der Waals surface area contributed by atoms with Crippen molar-refractivity contribution in [3.8, 4) is 0 Å². The summed E-state index contributed by atoms with van der Waals surface area (Å²) in [5.74, 6) is 0.825. The highest BCUT2D eigenvalue weighted by atomic mass is 35.5. The van der Waals surface area contributed by atoms with Gasteiger partial charge in [-0.2, -0.15) is 0 Å². The molecule has 1 aliphatic rings. The highest BCUT2D eigenvalue weighted by molar-refractivity contribution is 6.32. The van der Waals surface area contributed by atoms with Crippen LogP contribution in [0.4, 0.5) is 0 Å². The van der Waals surface area contributed by atoms with Gasteiger partial charge in [-0.05, 0) is 48.8 Å². The second-order valence-electron chi connectivity index (χ2n) is 4.18. The Hall–Kier alpha value is -0.490. The molecule has 1 atom stereocenters. The van der Waals surface area contributed by atoms with Gasteiger partial charge in [0, 0.05) is 5.02 Å². The molecular formula is C12H15Cl. The molecule has 0 saturated carbocycles. The van der Waals surface area contributed by atoms with E-state index in [1.807, 2.05) is 0 Å². The molecule has 0 aliphatic heterocycles. The fourth-order valence-electron chi connectivity index (χ4n) is 2.11. The van der Waals surface area contributed by atoms with Gasteiger partial charge in [-0.25, -0.2) is 0 Å². The molecule has 2 rings (SSSR count). The summed E-state index contributed by atoms with van der Waals surface area (Å²) in [6.07, 6.45) is 3.66. The average molecular weight is 195 g/mol. The molecule has 1 aromatic rings. The van der Waals surface area contributed by atoms with Crippen molar-refractivity contribution in [3.63, 3.8) is 0 Å². The number of hydrogen-bond donors (Lipinski definition) is 0. The standard InChI is InChI=1S/C12H15Cl/c1-8-3-6-11-10(7-8)5-4-9(2)12(11)13/h4-5,8H,3,6-7H2,1-2H3. The average Bonchev–Trinajstić information content (AvgIpc) is 2.12. The molecule has 0 fully saturated rings. The first-order chi connectivity index (χ1) is 6.18.